The molecule has 3 aliphatic carbocycles. The average molecular weight is 523 g/mol. The van der Waals surface area contributed by atoms with Crippen LogP contribution in [0, 0.1) is 35.0 Å². The number of aliphatic hydroxyl groups excluding tert-OH is 1. The van der Waals surface area contributed by atoms with Crippen molar-refractivity contribution in [2.24, 2.45) is 35.0 Å². The highest BCUT2D eigenvalue weighted by Gasteiger charge is 2.43. The van der Waals surface area contributed by atoms with E-state index in [4.69, 9.17) is 11.6 Å². The lowest BCUT2D eigenvalue weighted by molar-refractivity contribution is -0.127. The summed E-state index contributed by atoms with van der Waals surface area (Å²) in [6, 6.07) is 0.307. The summed E-state index contributed by atoms with van der Waals surface area (Å²) in [6.07, 6.45) is 12.8. The summed E-state index contributed by atoms with van der Waals surface area (Å²) in [5, 5.41) is 13.4. The van der Waals surface area contributed by atoms with Gasteiger partial charge in [-0.2, -0.15) is 0 Å². The molecule has 8 heteroatoms. The Bertz CT molecular complexity index is 610. The number of rotatable bonds is 7. The Kier molecular flexibility index (Phi) is 14.9. The van der Waals surface area contributed by atoms with Gasteiger partial charge < -0.3 is 31.8 Å². The first-order valence-corrected chi connectivity index (χ1v) is 13.6. The summed E-state index contributed by atoms with van der Waals surface area (Å²) in [4.78, 5) is 15.7. The van der Waals surface area contributed by atoms with Crippen LogP contribution in [0.1, 0.15) is 91.9 Å². The van der Waals surface area contributed by atoms with Crippen molar-refractivity contribution < 1.29 is 26.3 Å². The Morgan fingerprint density at radius 1 is 1.03 bits per heavy atom. The molecule has 210 valence electrons. The molecule has 0 bridgehead atoms. The van der Waals surface area contributed by atoms with E-state index in [1.165, 1.54) is 51.5 Å². The summed E-state index contributed by atoms with van der Waals surface area (Å²) in [5.74, 6) is 2.99. The van der Waals surface area contributed by atoms with Gasteiger partial charge in [0.05, 0.1) is 0 Å². The minimum Gasteiger partial charge on any atom is -0.412 e. The maximum atomic E-state index is 13.0. The molecule has 0 aromatic carbocycles. The first kappa shape index (κ1) is 34.6. The van der Waals surface area contributed by atoms with Gasteiger partial charge in [0.1, 0.15) is 0 Å². The van der Waals surface area contributed by atoms with E-state index in [9.17, 15) is 9.90 Å². The summed E-state index contributed by atoms with van der Waals surface area (Å²) in [6.45, 7) is 8.50. The number of amides is 1. The third-order valence-corrected chi connectivity index (χ3v) is 9.48. The van der Waals surface area contributed by atoms with Crippen molar-refractivity contribution in [1.29, 1.82) is 0 Å². The van der Waals surface area contributed by atoms with Gasteiger partial charge in [0.2, 0.25) is 5.91 Å². The molecule has 4 aliphatic rings. The Morgan fingerprint density at radius 2 is 1.69 bits per heavy atom. The van der Waals surface area contributed by atoms with E-state index >= 15 is 0 Å². The van der Waals surface area contributed by atoms with E-state index in [1.54, 1.807) is 0 Å². The highest BCUT2D eigenvalue weighted by molar-refractivity contribution is 6.20. The topological polar surface area (TPSA) is 147 Å². The second kappa shape index (κ2) is 15.1. The number of halogens is 1. The molecular formula is C27H55ClN2O5. The predicted molar refractivity (Wildman–Crippen MR) is 145 cm³/mol. The number of hydrogen-bond acceptors (Lipinski definition) is 3. The normalized spacial score (nSPS) is 33.5. The fourth-order valence-corrected chi connectivity index (χ4v) is 7.33. The van der Waals surface area contributed by atoms with Crippen LogP contribution in [0.25, 0.3) is 0 Å². The molecule has 35 heavy (non-hydrogen) atoms. The lowest BCUT2D eigenvalue weighted by atomic mass is 9.64. The van der Waals surface area contributed by atoms with E-state index < -0.39 is 0 Å². The van der Waals surface area contributed by atoms with Crippen molar-refractivity contribution in [3.05, 3.63) is 0 Å². The van der Waals surface area contributed by atoms with E-state index in [0.717, 1.165) is 50.6 Å². The molecule has 0 aromatic heterocycles. The zero-order chi connectivity index (χ0) is 22.0. The minimum atomic E-state index is 0. The molecule has 1 amide bonds. The van der Waals surface area contributed by atoms with Crippen molar-refractivity contribution in [2.75, 3.05) is 26.2 Å². The van der Waals surface area contributed by atoms with Crippen LogP contribution in [-0.4, -0.2) is 70.0 Å². The maximum absolute atomic E-state index is 13.0. The number of carbonyl (C=O) groups excluding carboxylic acids is 1. The fourth-order valence-electron chi connectivity index (χ4n) is 7.08. The van der Waals surface area contributed by atoms with Gasteiger partial charge in [0.25, 0.3) is 0 Å². The zero-order valence-corrected chi connectivity index (χ0v) is 22.1. The van der Waals surface area contributed by atoms with Gasteiger partial charge in [-0.3, -0.25) is 4.79 Å². The van der Waals surface area contributed by atoms with Gasteiger partial charge in [-0.1, -0.05) is 27.7 Å². The number of aliphatic hydroxyl groups is 1. The molecule has 0 spiro atoms. The standard InChI is InChI=1S/C26H45ClN2O2.CH4.3H2O/c1-26(2)17-29(13-12-23(26)19-8-10-22(27)11-9-19)15-24(20-6-7-20)28-25(31)21-5-3-4-18(14-21)16-30;;;;/h18-24,30H,3-17H2,1-2H3,(H,28,31);1H4;3*1H2/t18?,19?,21?,22?,23?,24-;;;;/m0..../s1. The lowest BCUT2D eigenvalue weighted by Crippen LogP contribution is -2.54. The van der Waals surface area contributed by atoms with Gasteiger partial charge in [-0.15, -0.1) is 11.6 Å². The average Bonchev–Trinajstić information content (AvgIpc) is 3.59. The highest BCUT2D eigenvalue weighted by atomic mass is 35.5. The van der Waals surface area contributed by atoms with E-state index in [-0.39, 0.29) is 42.3 Å². The Morgan fingerprint density at radius 3 is 2.26 bits per heavy atom. The molecule has 3 unspecified atom stereocenters. The second-order valence-electron chi connectivity index (χ2n) is 12.0. The summed E-state index contributed by atoms with van der Waals surface area (Å²) >= 11 is 6.37. The van der Waals surface area contributed by atoms with Crippen LogP contribution in [0.4, 0.5) is 0 Å². The smallest absolute Gasteiger partial charge is 0.223 e. The van der Waals surface area contributed by atoms with Gasteiger partial charge in [0.15, 0.2) is 0 Å². The fraction of sp³-hybridized carbons (Fsp3) is 0.963. The lowest BCUT2D eigenvalue weighted by Gasteiger charge is -2.49. The minimum absolute atomic E-state index is 0. The van der Waals surface area contributed by atoms with Crippen LogP contribution in [0.2, 0.25) is 0 Å². The summed E-state index contributed by atoms with van der Waals surface area (Å²) < 4.78 is 0. The van der Waals surface area contributed by atoms with Gasteiger partial charge >= 0.3 is 0 Å². The molecule has 0 aromatic rings. The van der Waals surface area contributed by atoms with E-state index in [0.29, 0.717) is 28.7 Å². The van der Waals surface area contributed by atoms with Crippen molar-refractivity contribution in [1.82, 2.24) is 10.2 Å². The van der Waals surface area contributed by atoms with Crippen LogP contribution < -0.4 is 5.32 Å². The number of alkyl halides is 1. The number of likely N-dealkylation sites (tertiary alicyclic amines) is 1. The number of hydrogen-bond donors (Lipinski definition) is 2. The maximum Gasteiger partial charge on any atom is 0.223 e. The van der Waals surface area contributed by atoms with Crippen LogP contribution in [0.3, 0.4) is 0 Å². The zero-order valence-electron chi connectivity index (χ0n) is 21.3. The SMILES string of the molecule is C.CC1(C)CN(C[C@H](NC(=O)C2CCCC(CO)C2)C2CC2)CCC1C1CCC(Cl)CC1.O.O.O. The molecule has 3 saturated carbocycles. The highest BCUT2D eigenvalue weighted by Crippen LogP contribution is 2.46. The number of carbonyl (C=O) groups is 1. The molecular weight excluding hydrogens is 468 g/mol. The van der Waals surface area contributed by atoms with E-state index in [1.807, 2.05) is 0 Å². The molecule has 0 radical (unpaired) electrons. The molecule has 4 rings (SSSR count). The monoisotopic (exact) mass is 522 g/mol. The molecule has 1 saturated heterocycles. The Hall–Kier alpha value is -0.440. The third-order valence-electron chi connectivity index (χ3n) is 9.05. The molecule has 1 aliphatic heterocycles. The van der Waals surface area contributed by atoms with Gasteiger partial charge in [0, 0.05) is 37.0 Å². The number of nitrogens with one attached hydrogen (secondary N) is 1. The Labute approximate surface area is 218 Å². The summed E-state index contributed by atoms with van der Waals surface area (Å²) in [5.41, 5.74) is 0.331. The number of piperidine rings is 1. The van der Waals surface area contributed by atoms with Gasteiger partial charge in [-0.05, 0) is 99.8 Å². The Balaban J connectivity index is 0.00000289. The molecule has 4 atom stereocenters. The quantitative estimate of drug-likeness (QED) is 0.495. The molecule has 7 nitrogen and oxygen atoms in total. The molecule has 1 heterocycles. The molecule has 4 fully saturated rings. The van der Waals surface area contributed by atoms with Crippen LogP contribution >= 0.6 is 11.6 Å². The first-order chi connectivity index (χ1) is 14.9. The van der Waals surface area contributed by atoms with Crippen molar-refractivity contribution in [3.8, 4) is 0 Å². The number of nitrogens with zero attached hydrogens (tertiary/aromatic N) is 1. The summed E-state index contributed by atoms with van der Waals surface area (Å²) in [7, 11) is 0. The van der Waals surface area contributed by atoms with Crippen molar-refractivity contribution in [2.45, 2.75) is 103 Å². The van der Waals surface area contributed by atoms with Crippen LogP contribution in [-0.2, 0) is 4.79 Å². The largest absolute Gasteiger partial charge is 0.412 e. The van der Waals surface area contributed by atoms with Gasteiger partial charge in [-0.25, -0.2) is 0 Å². The first-order valence-electron chi connectivity index (χ1n) is 13.1. The van der Waals surface area contributed by atoms with Crippen molar-refractivity contribution >= 4 is 17.5 Å². The van der Waals surface area contributed by atoms with Crippen LogP contribution in [0.15, 0.2) is 0 Å². The van der Waals surface area contributed by atoms with E-state index in [2.05, 4.69) is 24.1 Å². The molecule has 8 N–H and O–H groups in total. The van der Waals surface area contributed by atoms with Crippen LogP contribution in [0.5, 0.6) is 0 Å². The predicted octanol–water partition coefficient (Wildman–Crippen LogP) is 2.99. The second-order valence-corrected chi connectivity index (χ2v) is 12.6. The third kappa shape index (κ3) is 9.11. The van der Waals surface area contributed by atoms with Crippen molar-refractivity contribution in [3.63, 3.8) is 0 Å².